The molecule has 23 heavy (non-hydrogen) atoms. The van der Waals surface area contributed by atoms with Crippen LogP contribution in [0.2, 0.25) is 0 Å². The Bertz CT molecular complexity index is 825. The van der Waals surface area contributed by atoms with E-state index in [4.69, 9.17) is 5.73 Å². The molecule has 0 aromatic carbocycles. The lowest BCUT2D eigenvalue weighted by atomic mass is 9.97. The summed E-state index contributed by atoms with van der Waals surface area (Å²) < 4.78 is 0. The van der Waals surface area contributed by atoms with Gasteiger partial charge in [-0.05, 0) is 44.2 Å². The van der Waals surface area contributed by atoms with Gasteiger partial charge in [-0.25, -0.2) is 4.98 Å². The van der Waals surface area contributed by atoms with Crippen LogP contribution in [0.5, 0.6) is 0 Å². The van der Waals surface area contributed by atoms with Gasteiger partial charge in [-0.2, -0.15) is 0 Å². The molecule has 3 N–H and O–H groups in total. The summed E-state index contributed by atoms with van der Waals surface area (Å²) in [5, 5.41) is 0.792. The van der Waals surface area contributed by atoms with E-state index in [2.05, 4.69) is 14.9 Å². The predicted octanol–water partition coefficient (Wildman–Crippen LogP) is 1.17. The number of H-pyrrole nitrogens is 1. The highest BCUT2D eigenvalue weighted by Gasteiger charge is 2.25. The molecule has 2 aromatic heterocycles. The van der Waals surface area contributed by atoms with Crippen molar-refractivity contribution in [1.29, 1.82) is 0 Å². The van der Waals surface area contributed by atoms with Crippen molar-refractivity contribution in [1.82, 2.24) is 14.9 Å². The minimum Gasteiger partial charge on any atom is -0.369 e. The first-order valence-corrected chi connectivity index (χ1v) is 8.98. The van der Waals surface area contributed by atoms with Crippen LogP contribution in [0.1, 0.15) is 35.5 Å². The number of thiophene rings is 1. The maximum Gasteiger partial charge on any atom is 0.259 e. The highest BCUT2D eigenvalue weighted by molar-refractivity contribution is 7.18. The number of hydrogen-bond acceptors (Lipinski definition) is 5. The van der Waals surface area contributed by atoms with Crippen molar-refractivity contribution >= 4 is 27.5 Å². The lowest BCUT2D eigenvalue weighted by molar-refractivity contribution is -0.123. The Morgan fingerprint density at radius 3 is 3.09 bits per heavy atom. The molecule has 3 heterocycles. The van der Waals surface area contributed by atoms with E-state index < -0.39 is 0 Å². The molecule has 1 saturated heterocycles. The van der Waals surface area contributed by atoms with Crippen molar-refractivity contribution in [2.45, 2.75) is 38.6 Å². The largest absolute Gasteiger partial charge is 0.369 e. The quantitative estimate of drug-likeness (QED) is 0.882. The second-order valence-corrected chi connectivity index (χ2v) is 7.61. The lowest BCUT2D eigenvalue weighted by Gasteiger charge is -2.30. The van der Waals surface area contributed by atoms with E-state index in [1.807, 2.05) is 0 Å². The van der Waals surface area contributed by atoms with Crippen molar-refractivity contribution in [2.75, 3.05) is 13.1 Å². The molecule has 4 rings (SSSR count). The standard InChI is InChI=1S/C16H20N4O2S/c17-14(21)9-3-2-6-20(7-9)8-12-18-15(22)13-10-4-1-5-11(10)23-16(13)19-12/h9H,1-8H2,(H2,17,21)(H,18,19,22)/t9-/m0/s1. The lowest BCUT2D eigenvalue weighted by Crippen LogP contribution is -2.41. The van der Waals surface area contributed by atoms with E-state index >= 15 is 0 Å². The maximum atomic E-state index is 12.5. The highest BCUT2D eigenvalue weighted by atomic mass is 32.1. The van der Waals surface area contributed by atoms with Gasteiger partial charge in [-0.15, -0.1) is 11.3 Å². The summed E-state index contributed by atoms with van der Waals surface area (Å²) in [5.41, 5.74) is 6.61. The number of aromatic nitrogens is 2. The molecular weight excluding hydrogens is 312 g/mol. The van der Waals surface area contributed by atoms with Crippen LogP contribution in [0, 0.1) is 5.92 Å². The first-order valence-electron chi connectivity index (χ1n) is 8.17. The molecule has 0 unspecified atom stereocenters. The van der Waals surface area contributed by atoms with Crippen LogP contribution in [0.15, 0.2) is 4.79 Å². The summed E-state index contributed by atoms with van der Waals surface area (Å²) >= 11 is 1.66. The highest BCUT2D eigenvalue weighted by Crippen LogP contribution is 2.34. The third kappa shape index (κ3) is 2.68. The number of rotatable bonds is 3. The number of primary amides is 1. The van der Waals surface area contributed by atoms with Gasteiger partial charge in [0, 0.05) is 11.4 Å². The molecule has 1 atom stereocenters. The SMILES string of the molecule is NC(=O)[C@H]1CCCN(Cc2nc3sc4c(c3c(=O)[nH]2)CCC4)C1. The van der Waals surface area contributed by atoms with Gasteiger partial charge in [0.25, 0.3) is 5.56 Å². The fourth-order valence-corrected chi connectivity index (χ4v) is 5.05. The molecule has 0 spiro atoms. The second-order valence-electron chi connectivity index (χ2n) is 6.53. The van der Waals surface area contributed by atoms with Crippen molar-refractivity contribution in [3.63, 3.8) is 0 Å². The third-order valence-corrected chi connectivity index (χ3v) is 6.09. The monoisotopic (exact) mass is 332 g/mol. The summed E-state index contributed by atoms with van der Waals surface area (Å²) in [7, 11) is 0. The van der Waals surface area contributed by atoms with Crippen LogP contribution in [0.4, 0.5) is 0 Å². The van der Waals surface area contributed by atoms with Crippen molar-refractivity contribution in [3.8, 4) is 0 Å². The second kappa shape index (κ2) is 5.72. The molecule has 0 saturated carbocycles. The Morgan fingerprint density at radius 2 is 2.26 bits per heavy atom. The van der Waals surface area contributed by atoms with Crippen LogP contribution < -0.4 is 11.3 Å². The summed E-state index contributed by atoms with van der Waals surface area (Å²) in [4.78, 5) is 35.8. The normalized spacial score (nSPS) is 21.7. The van der Waals surface area contributed by atoms with E-state index in [1.165, 1.54) is 10.4 Å². The number of fused-ring (bicyclic) bond motifs is 3. The number of aromatic amines is 1. The number of carbonyl (C=O) groups is 1. The molecule has 1 aliphatic heterocycles. The zero-order chi connectivity index (χ0) is 16.0. The number of amides is 1. The number of aryl methyl sites for hydroxylation is 2. The summed E-state index contributed by atoms with van der Waals surface area (Å²) in [6, 6.07) is 0. The van der Waals surface area contributed by atoms with Crippen molar-refractivity contribution in [3.05, 3.63) is 26.6 Å². The summed E-state index contributed by atoms with van der Waals surface area (Å²) in [5.74, 6) is 0.360. The predicted molar refractivity (Wildman–Crippen MR) is 89.5 cm³/mol. The van der Waals surface area contributed by atoms with Crippen LogP contribution >= 0.6 is 11.3 Å². The van der Waals surface area contributed by atoms with Crippen LogP contribution in [0.3, 0.4) is 0 Å². The minimum absolute atomic E-state index is 0.0205. The number of piperidine rings is 1. The van der Waals surface area contributed by atoms with Crippen molar-refractivity contribution in [2.24, 2.45) is 11.7 Å². The Labute approximate surface area is 137 Å². The number of carbonyl (C=O) groups excluding carboxylic acids is 1. The van der Waals surface area contributed by atoms with Crippen LogP contribution in [-0.2, 0) is 24.2 Å². The van der Waals surface area contributed by atoms with E-state index in [1.54, 1.807) is 11.3 Å². The number of nitrogens with two attached hydrogens (primary N) is 1. The number of likely N-dealkylation sites (tertiary alicyclic amines) is 1. The van der Waals surface area contributed by atoms with Gasteiger partial charge >= 0.3 is 0 Å². The van der Waals surface area contributed by atoms with Gasteiger partial charge < -0.3 is 10.7 Å². The Balaban J connectivity index is 1.60. The minimum atomic E-state index is -0.235. The van der Waals surface area contributed by atoms with Gasteiger partial charge in [-0.1, -0.05) is 0 Å². The molecule has 7 heteroatoms. The summed E-state index contributed by atoms with van der Waals surface area (Å²) in [6.07, 6.45) is 5.00. The first kappa shape index (κ1) is 14.8. The molecule has 6 nitrogen and oxygen atoms in total. The van der Waals surface area contributed by atoms with Crippen LogP contribution in [0.25, 0.3) is 10.2 Å². The first-order chi connectivity index (χ1) is 11.1. The van der Waals surface area contributed by atoms with E-state index in [0.717, 1.165) is 48.9 Å². The Kier molecular flexibility index (Phi) is 3.69. The topological polar surface area (TPSA) is 92.1 Å². The molecule has 2 aromatic rings. The van der Waals surface area contributed by atoms with Crippen molar-refractivity contribution < 1.29 is 4.79 Å². The number of nitrogens with zero attached hydrogens (tertiary/aromatic N) is 2. The van der Waals surface area contributed by atoms with Crippen LogP contribution in [-0.4, -0.2) is 33.9 Å². The Morgan fingerprint density at radius 1 is 1.39 bits per heavy atom. The number of nitrogens with one attached hydrogen (secondary N) is 1. The maximum absolute atomic E-state index is 12.5. The van der Waals surface area contributed by atoms with E-state index in [-0.39, 0.29) is 17.4 Å². The van der Waals surface area contributed by atoms with Gasteiger partial charge in [0.2, 0.25) is 5.91 Å². The summed E-state index contributed by atoms with van der Waals surface area (Å²) in [6.45, 7) is 2.13. The zero-order valence-electron chi connectivity index (χ0n) is 12.9. The molecule has 0 radical (unpaired) electrons. The molecule has 1 fully saturated rings. The van der Waals surface area contributed by atoms with E-state index in [0.29, 0.717) is 18.9 Å². The average molecular weight is 332 g/mol. The fraction of sp³-hybridized carbons (Fsp3) is 0.562. The molecule has 0 bridgehead atoms. The molecule has 1 amide bonds. The molecular formula is C16H20N4O2S. The zero-order valence-corrected chi connectivity index (χ0v) is 13.7. The number of hydrogen-bond donors (Lipinski definition) is 2. The van der Waals surface area contributed by atoms with Gasteiger partial charge in [-0.3, -0.25) is 14.5 Å². The average Bonchev–Trinajstić information content (AvgIpc) is 3.07. The van der Waals surface area contributed by atoms with E-state index in [9.17, 15) is 9.59 Å². The molecule has 1 aliphatic carbocycles. The smallest absolute Gasteiger partial charge is 0.259 e. The van der Waals surface area contributed by atoms with Gasteiger partial charge in [0.15, 0.2) is 0 Å². The van der Waals surface area contributed by atoms with Gasteiger partial charge in [0.05, 0.1) is 17.8 Å². The molecule has 2 aliphatic rings. The Hall–Kier alpha value is -1.73. The van der Waals surface area contributed by atoms with Gasteiger partial charge in [0.1, 0.15) is 10.7 Å². The fourth-order valence-electron chi connectivity index (χ4n) is 3.76. The third-order valence-electron chi connectivity index (χ3n) is 4.91. The molecule has 122 valence electrons.